The average Bonchev–Trinajstić information content (AvgIpc) is 3.07. The number of anilines is 2. The lowest BCUT2D eigenvalue weighted by Crippen LogP contribution is -2.38. The minimum absolute atomic E-state index is 0.201. The Balaban J connectivity index is 1.68. The van der Waals surface area contributed by atoms with Crippen molar-refractivity contribution in [2.75, 3.05) is 36.5 Å². The van der Waals surface area contributed by atoms with E-state index in [4.69, 9.17) is 21.6 Å². The molecule has 1 aliphatic rings. The van der Waals surface area contributed by atoms with Gasteiger partial charge in [-0.05, 0) is 30.9 Å². The molecule has 0 amide bonds. The molecule has 148 valence electrons. The molecule has 1 fully saturated rings. The van der Waals surface area contributed by atoms with Crippen molar-refractivity contribution in [3.63, 3.8) is 0 Å². The van der Waals surface area contributed by atoms with Crippen LogP contribution in [0.15, 0.2) is 24.3 Å². The summed E-state index contributed by atoms with van der Waals surface area (Å²) >= 11 is 8.22. The molecule has 6 nitrogen and oxygen atoms in total. The number of halogens is 1. The molecule has 4 rings (SSSR count). The van der Waals surface area contributed by atoms with Crippen LogP contribution in [0.3, 0.4) is 0 Å². The van der Waals surface area contributed by atoms with Crippen molar-refractivity contribution in [1.29, 1.82) is 0 Å². The topological polar surface area (TPSA) is 74.2 Å². The minimum Gasteiger partial charge on any atom is -0.396 e. The van der Waals surface area contributed by atoms with Crippen molar-refractivity contribution in [3.8, 4) is 10.6 Å². The van der Waals surface area contributed by atoms with Gasteiger partial charge in [-0.25, -0.2) is 9.97 Å². The van der Waals surface area contributed by atoms with Crippen molar-refractivity contribution in [2.45, 2.75) is 26.2 Å². The summed E-state index contributed by atoms with van der Waals surface area (Å²) in [5.41, 5.74) is 1.70. The van der Waals surface area contributed by atoms with Gasteiger partial charge in [-0.1, -0.05) is 37.1 Å². The molecule has 2 aromatic heterocycles. The monoisotopic (exact) mass is 417 g/mol. The number of thiazole rings is 1. The fourth-order valence-corrected chi connectivity index (χ4v) is 4.52. The lowest BCUT2D eigenvalue weighted by molar-refractivity contribution is 0.217. The Bertz CT molecular complexity index is 922. The fourth-order valence-electron chi connectivity index (χ4n) is 3.20. The molecule has 28 heavy (non-hydrogen) atoms. The van der Waals surface area contributed by atoms with Crippen molar-refractivity contribution < 1.29 is 5.11 Å². The van der Waals surface area contributed by atoms with Crippen LogP contribution >= 0.6 is 22.9 Å². The molecule has 0 saturated carbocycles. The first-order chi connectivity index (χ1) is 13.7. The highest BCUT2D eigenvalue weighted by Gasteiger charge is 2.23. The maximum absolute atomic E-state index is 9.45. The minimum atomic E-state index is 0.201. The Morgan fingerprint density at radius 2 is 2.07 bits per heavy atom. The van der Waals surface area contributed by atoms with Crippen LogP contribution in [0.25, 0.3) is 20.8 Å². The molecule has 3 heterocycles. The molecule has 0 aliphatic carbocycles. The van der Waals surface area contributed by atoms with Crippen LogP contribution in [-0.2, 0) is 0 Å². The van der Waals surface area contributed by atoms with Crippen LogP contribution in [0.5, 0.6) is 0 Å². The zero-order valence-corrected chi connectivity index (χ0v) is 17.4. The lowest BCUT2D eigenvalue weighted by atomic mass is 10.0. The molecule has 1 aliphatic heterocycles. The molecule has 1 unspecified atom stereocenters. The van der Waals surface area contributed by atoms with Gasteiger partial charge in [-0.2, -0.15) is 4.98 Å². The SMILES string of the molecule is CCC(CO)CCNc1nc(N2CCC2)nc(Cl)c1-c1nc2ccccc2s1. The van der Waals surface area contributed by atoms with Crippen molar-refractivity contribution in [2.24, 2.45) is 5.92 Å². The number of fused-ring (bicyclic) bond motifs is 1. The van der Waals surface area contributed by atoms with Gasteiger partial charge in [-0.15, -0.1) is 11.3 Å². The number of aromatic nitrogens is 3. The predicted molar refractivity (Wildman–Crippen MR) is 116 cm³/mol. The maximum atomic E-state index is 9.45. The summed E-state index contributed by atoms with van der Waals surface area (Å²) in [6.07, 6.45) is 2.97. The highest BCUT2D eigenvalue weighted by Crippen LogP contribution is 2.39. The number of rotatable bonds is 8. The van der Waals surface area contributed by atoms with E-state index in [9.17, 15) is 5.11 Å². The van der Waals surface area contributed by atoms with Crippen molar-refractivity contribution in [3.05, 3.63) is 29.4 Å². The molecule has 0 spiro atoms. The Morgan fingerprint density at radius 1 is 1.25 bits per heavy atom. The third kappa shape index (κ3) is 3.92. The summed E-state index contributed by atoms with van der Waals surface area (Å²) in [5.74, 6) is 1.66. The van der Waals surface area contributed by atoms with Crippen LogP contribution < -0.4 is 10.2 Å². The largest absolute Gasteiger partial charge is 0.396 e. The molecule has 8 heteroatoms. The average molecular weight is 418 g/mol. The van der Waals surface area contributed by atoms with E-state index < -0.39 is 0 Å². The number of para-hydroxylation sites is 1. The molecular weight excluding hydrogens is 394 g/mol. The number of nitrogens with zero attached hydrogens (tertiary/aromatic N) is 4. The zero-order chi connectivity index (χ0) is 19.5. The van der Waals surface area contributed by atoms with Crippen LogP contribution in [0, 0.1) is 5.92 Å². The zero-order valence-electron chi connectivity index (χ0n) is 15.9. The smallest absolute Gasteiger partial charge is 0.228 e. The third-order valence-electron chi connectivity index (χ3n) is 5.18. The molecule has 1 saturated heterocycles. The van der Waals surface area contributed by atoms with Crippen LogP contribution in [0.4, 0.5) is 11.8 Å². The van der Waals surface area contributed by atoms with Crippen LogP contribution in [-0.4, -0.2) is 46.3 Å². The first kappa shape index (κ1) is 19.4. The number of nitrogens with one attached hydrogen (secondary N) is 1. The van der Waals surface area contributed by atoms with Crippen LogP contribution in [0.1, 0.15) is 26.2 Å². The number of hydrogen-bond donors (Lipinski definition) is 2. The third-order valence-corrected chi connectivity index (χ3v) is 6.51. The highest BCUT2D eigenvalue weighted by molar-refractivity contribution is 7.21. The summed E-state index contributed by atoms with van der Waals surface area (Å²) in [4.78, 5) is 16.2. The normalized spacial score (nSPS) is 14.9. The maximum Gasteiger partial charge on any atom is 0.228 e. The van der Waals surface area contributed by atoms with Crippen molar-refractivity contribution in [1.82, 2.24) is 15.0 Å². The van der Waals surface area contributed by atoms with E-state index >= 15 is 0 Å². The first-order valence-corrected chi connectivity index (χ1v) is 10.9. The predicted octanol–water partition coefficient (Wildman–Crippen LogP) is 4.44. The molecule has 1 atom stereocenters. The van der Waals surface area contributed by atoms with Gasteiger partial charge in [0.25, 0.3) is 0 Å². The van der Waals surface area contributed by atoms with E-state index in [1.807, 2.05) is 18.2 Å². The lowest BCUT2D eigenvalue weighted by Gasteiger charge is -2.31. The van der Waals surface area contributed by atoms with Gasteiger partial charge >= 0.3 is 0 Å². The second-order valence-corrected chi connectivity index (χ2v) is 8.43. The number of benzene rings is 1. The fraction of sp³-hybridized carbons (Fsp3) is 0.450. The van der Waals surface area contributed by atoms with Gasteiger partial charge in [0.2, 0.25) is 5.95 Å². The standard InChI is InChI=1S/C20H24ClN5OS/c1-2-13(12-27)8-9-22-18-16(17(21)24-20(25-18)26-10-5-11-26)19-23-14-6-3-4-7-15(14)28-19/h3-4,6-7,13,27H,2,5,8-12H2,1H3,(H,22,24,25). The second kappa shape index (κ2) is 8.59. The Labute approximate surface area is 173 Å². The van der Waals surface area contributed by atoms with Gasteiger partial charge in [0.1, 0.15) is 16.0 Å². The molecule has 1 aromatic carbocycles. The van der Waals surface area contributed by atoms with Crippen molar-refractivity contribution >= 4 is 44.9 Å². The number of aliphatic hydroxyl groups excluding tert-OH is 1. The van der Waals surface area contributed by atoms with Gasteiger partial charge in [-0.3, -0.25) is 0 Å². The number of aliphatic hydroxyl groups is 1. The first-order valence-electron chi connectivity index (χ1n) is 9.72. The quantitative estimate of drug-likeness (QED) is 0.528. The summed E-state index contributed by atoms with van der Waals surface area (Å²) in [7, 11) is 0. The summed E-state index contributed by atoms with van der Waals surface area (Å²) in [5, 5.41) is 14.1. The van der Waals surface area contributed by atoms with Gasteiger partial charge < -0.3 is 15.3 Å². The van der Waals surface area contributed by atoms with E-state index in [-0.39, 0.29) is 12.5 Å². The molecule has 2 N–H and O–H groups in total. The Kier molecular flexibility index (Phi) is 5.94. The summed E-state index contributed by atoms with van der Waals surface area (Å²) in [6.45, 7) is 4.92. The molecule has 0 bridgehead atoms. The van der Waals surface area contributed by atoms with E-state index in [0.717, 1.165) is 53.1 Å². The highest BCUT2D eigenvalue weighted by atomic mass is 35.5. The van der Waals surface area contributed by atoms with E-state index in [0.29, 0.717) is 23.5 Å². The van der Waals surface area contributed by atoms with Gasteiger partial charge in [0, 0.05) is 26.2 Å². The van der Waals surface area contributed by atoms with E-state index in [1.165, 1.54) is 0 Å². The van der Waals surface area contributed by atoms with Gasteiger partial charge in [0.05, 0.1) is 15.8 Å². The summed E-state index contributed by atoms with van der Waals surface area (Å²) < 4.78 is 1.11. The Morgan fingerprint density at radius 3 is 2.75 bits per heavy atom. The Hall–Kier alpha value is -1.96. The van der Waals surface area contributed by atoms with Gasteiger partial charge in [0.15, 0.2) is 0 Å². The van der Waals surface area contributed by atoms with E-state index in [1.54, 1.807) is 11.3 Å². The second-order valence-electron chi connectivity index (χ2n) is 7.04. The molecule has 3 aromatic rings. The molecule has 0 radical (unpaired) electrons. The van der Waals surface area contributed by atoms with Crippen LogP contribution in [0.2, 0.25) is 5.15 Å². The summed E-state index contributed by atoms with van der Waals surface area (Å²) in [6, 6.07) is 8.04. The van der Waals surface area contributed by atoms with E-state index in [2.05, 4.69) is 28.2 Å². The molecular formula is C20H24ClN5OS. The number of hydrogen-bond acceptors (Lipinski definition) is 7.